The van der Waals surface area contributed by atoms with Crippen LogP contribution in [0, 0.1) is 0 Å². The Morgan fingerprint density at radius 2 is 0.944 bits per heavy atom. The summed E-state index contributed by atoms with van der Waals surface area (Å²) in [4.78, 5) is 2.46. The molecule has 0 aliphatic heterocycles. The van der Waals surface area contributed by atoms with Gasteiger partial charge < -0.3 is 4.90 Å². The molecule has 0 saturated carbocycles. The zero-order valence-electron chi connectivity index (χ0n) is 29.4. The van der Waals surface area contributed by atoms with Crippen LogP contribution >= 0.6 is 11.3 Å². The molecule has 0 bridgehead atoms. The number of thiophene rings is 1. The summed E-state index contributed by atoms with van der Waals surface area (Å²) < 4.78 is 2.62. The molecule has 11 rings (SSSR count). The Bertz CT molecular complexity index is 3200. The summed E-state index contributed by atoms with van der Waals surface area (Å²) >= 11 is 1.87. The van der Waals surface area contributed by atoms with E-state index in [0.717, 1.165) is 17.1 Å². The van der Waals surface area contributed by atoms with Crippen LogP contribution in [-0.4, -0.2) is 0 Å². The lowest BCUT2D eigenvalue weighted by molar-refractivity contribution is 1.30. The van der Waals surface area contributed by atoms with E-state index in [-0.39, 0.29) is 0 Å². The SMILES string of the molecule is c1ccc(-c2ccccc2N(c2ccc(-c3cc4ccccc4c4c3ccc3ccccc34)cc2)c2cccc3cc4c(cc23)sc2ccccc24)cc1. The standard InChI is InChI=1S/C52H33NS/c1-2-13-34(14-3-1)40-18-8-10-22-48(40)53(49-23-12-17-38-32-47-43-21-9-11-24-50(43)54-51(47)33-46(38)49)39-28-25-36(26-29-39)45-31-37-16-5-7-20-42(37)52-41-19-6-4-15-35(41)27-30-44(45)52/h1-33H. The van der Waals surface area contributed by atoms with Crippen molar-refractivity contribution in [2.45, 2.75) is 0 Å². The van der Waals surface area contributed by atoms with Crippen molar-refractivity contribution in [3.8, 4) is 22.3 Å². The van der Waals surface area contributed by atoms with Crippen LogP contribution in [0.2, 0.25) is 0 Å². The van der Waals surface area contributed by atoms with Crippen molar-refractivity contribution < 1.29 is 0 Å². The van der Waals surface area contributed by atoms with Crippen molar-refractivity contribution >= 4 is 91.7 Å². The first-order chi connectivity index (χ1) is 26.8. The molecule has 0 saturated heterocycles. The van der Waals surface area contributed by atoms with Gasteiger partial charge in [0.2, 0.25) is 0 Å². The molecule has 0 N–H and O–H groups in total. The molecule has 54 heavy (non-hydrogen) atoms. The normalized spacial score (nSPS) is 11.7. The van der Waals surface area contributed by atoms with Gasteiger partial charge in [0.05, 0.1) is 11.4 Å². The van der Waals surface area contributed by atoms with Crippen molar-refractivity contribution in [2.75, 3.05) is 4.90 Å². The van der Waals surface area contributed by atoms with Gasteiger partial charge in [0, 0.05) is 36.8 Å². The third kappa shape index (κ3) is 4.92. The van der Waals surface area contributed by atoms with Crippen LogP contribution in [0.25, 0.3) is 85.5 Å². The highest BCUT2D eigenvalue weighted by Gasteiger charge is 2.21. The molecular formula is C52H33NS. The molecule has 0 atom stereocenters. The summed E-state index contributed by atoms with van der Waals surface area (Å²) in [7, 11) is 0. The lowest BCUT2D eigenvalue weighted by Gasteiger charge is -2.29. The average molecular weight is 704 g/mol. The molecule has 0 aliphatic rings. The summed E-state index contributed by atoms with van der Waals surface area (Å²) in [6, 6.07) is 73.5. The van der Waals surface area contributed by atoms with E-state index in [2.05, 4.69) is 205 Å². The molecular weight excluding hydrogens is 671 g/mol. The quantitative estimate of drug-likeness (QED) is 0.161. The van der Waals surface area contributed by atoms with Gasteiger partial charge in [0.15, 0.2) is 0 Å². The molecule has 0 radical (unpaired) electrons. The van der Waals surface area contributed by atoms with E-state index < -0.39 is 0 Å². The summed E-state index contributed by atoms with van der Waals surface area (Å²) in [5.74, 6) is 0. The van der Waals surface area contributed by atoms with E-state index in [1.165, 1.54) is 85.5 Å². The van der Waals surface area contributed by atoms with Crippen LogP contribution in [0.3, 0.4) is 0 Å². The van der Waals surface area contributed by atoms with Gasteiger partial charge in [-0.2, -0.15) is 0 Å². The number of rotatable bonds is 5. The van der Waals surface area contributed by atoms with Crippen LogP contribution < -0.4 is 4.90 Å². The number of anilines is 3. The maximum absolute atomic E-state index is 2.46. The van der Waals surface area contributed by atoms with Crippen LogP contribution in [0.15, 0.2) is 200 Å². The summed E-state index contributed by atoms with van der Waals surface area (Å²) in [5.41, 5.74) is 8.24. The molecule has 0 spiro atoms. The fourth-order valence-electron chi connectivity index (χ4n) is 8.51. The highest BCUT2D eigenvalue weighted by Crippen LogP contribution is 2.46. The number of para-hydroxylation sites is 1. The van der Waals surface area contributed by atoms with Crippen LogP contribution in [0.4, 0.5) is 17.1 Å². The van der Waals surface area contributed by atoms with E-state index >= 15 is 0 Å². The highest BCUT2D eigenvalue weighted by molar-refractivity contribution is 7.25. The van der Waals surface area contributed by atoms with Gasteiger partial charge in [-0.15, -0.1) is 11.3 Å². The van der Waals surface area contributed by atoms with Gasteiger partial charge in [0.25, 0.3) is 0 Å². The zero-order chi connectivity index (χ0) is 35.6. The van der Waals surface area contributed by atoms with Crippen molar-refractivity contribution in [1.82, 2.24) is 0 Å². The summed E-state index contributed by atoms with van der Waals surface area (Å²) in [5, 5.41) is 12.8. The van der Waals surface area contributed by atoms with Gasteiger partial charge in [-0.1, -0.05) is 152 Å². The molecule has 1 heterocycles. The fraction of sp³-hybridized carbons (Fsp3) is 0. The predicted octanol–water partition coefficient (Wildman–Crippen LogP) is 15.5. The Kier molecular flexibility index (Phi) is 7.11. The van der Waals surface area contributed by atoms with E-state index in [0.29, 0.717) is 0 Å². The van der Waals surface area contributed by atoms with E-state index in [1.807, 2.05) is 11.3 Å². The van der Waals surface area contributed by atoms with Gasteiger partial charge in [0.1, 0.15) is 0 Å². The second-order valence-electron chi connectivity index (χ2n) is 14.1. The van der Waals surface area contributed by atoms with Gasteiger partial charge in [-0.25, -0.2) is 0 Å². The first kappa shape index (κ1) is 30.8. The van der Waals surface area contributed by atoms with Crippen LogP contribution in [0.1, 0.15) is 0 Å². The monoisotopic (exact) mass is 703 g/mol. The third-order valence-corrected chi connectivity index (χ3v) is 12.1. The predicted molar refractivity (Wildman–Crippen MR) is 235 cm³/mol. The average Bonchev–Trinajstić information content (AvgIpc) is 3.61. The topological polar surface area (TPSA) is 3.24 Å². The summed E-state index contributed by atoms with van der Waals surface area (Å²) in [6.45, 7) is 0. The Morgan fingerprint density at radius 1 is 0.315 bits per heavy atom. The van der Waals surface area contributed by atoms with Crippen LogP contribution in [0.5, 0.6) is 0 Å². The second-order valence-corrected chi connectivity index (χ2v) is 15.1. The third-order valence-electron chi connectivity index (χ3n) is 11.0. The number of hydrogen-bond acceptors (Lipinski definition) is 2. The first-order valence-electron chi connectivity index (χ1n) is 18.5. The maximum Gasteiger partial charge on any atom is 0.0540 e. The largest absolute Gasteiger partial charge is 0.309 e. The molecule has 0 aliphatic carbocycles. The molecule has 11 aromatic rings. The molecule has 0 fully saturated rings. The molecule has 1 nitrogen and oxygen atoms in total. The van der Waals surface area contributed by atoms with Gasteiger partial charge in [-0.3, -0.25) is 0 Å². The molecule has 252 valence electrons. The second kappa shape index (κ2) is 12.4. The first-order valence-corrected chi connectivity index (χ1v) is 19.3. The van der Waals surface area contributed by atoms with Crippen molar-refractivity contribution in [1.29, 1.82) is 0 Å². The van der Waals surface area contributed by atoms with Crippen molar-refractivity contribution in [3.05, 3.63) is 200 Å². The number of fused-ring (bicyclic) bond motifs is 9. The Hall–Kier alpha value is -6.74. The fourth-order valence-corrected chi connectivity index (χ4v) is 9.64. The highest BCUT2D eigenvalue weighted by atomic mass is 32.1. The Labute approximate surface area is 317 Å². The van der Waals surface area contributed by atoms with Gasteiger partial charge >= 0.3 is 0 Å². The van der Waals surface area contributed by atoms with Crippen molar-refractivity contribution in [3.63, 3.8) is 0 Å². The van der Waals surface area contributed by atoms with Crippen LogP contribution in [-0.2, 0) is 0 Å². The number of benzene rings is 10. The maximum atomic E-state index is 2.46. The molecule has 1 aromatic heterocycles. The molecule has 10 aromatic carbocycles. The van der Waals surface area contributed by atoms with Gasteiger partial charge in [-0.05, 0) is 103 Å². The van der Waals surface area contributed by atoms with Crippen molar-refractivity contribution in [2.24, 2.45) is 0 Å². The molecule has 0 amide bonds. The Morgan fingerprint density at radius 3 is 1.80 bits per heavy atom. The van der Waals surface area contributed by atoms with E-state index in [1.54, 1.807) is 0 Å². The van der Waals surface area contributed by atoms with E-state index in [4.69, 9.17) is 0 Å². The lowest BCUT2D eigenvalue weighted by Crippen LogP contribution is -2.11. The zero-order valence-corrected chi connectivity index (χ0v) is 30.2. The minimum absolute atomic E-state index is 1.11. The number of nitrogens with zero attached hydrogens (tertiary/aromatic N) is 1. The number of hydrogen-bond donors (Lipinski definition) is 0. The molecule has 2 heteroatoms. The van der Waals surface area contributed by atoms with E-state index in [9.17, 15) is 0 Å². The Balaban J connectivity index is 1.14. The summed E-state index contributed by atoms with van der Waals surface area (Å²) in [6.07, 6.45) is 0. The molecule has 0 unspecified atom stereocenters. The minimum Gasteiger partial charge on any atom is -0.309 e. The smallest absolute Gasteiger partial charge is 0.0540 e. The lowest BCUT2D eigenvalue weighted by atomic mass is 9.90. The minimum atomic E-state index is 1.11.